The van der Waals surface area contributed by atoms with Gasteiger partial charge in [0.25, 0.3) is 0 Å². The summed E-state index contributed by atoms with van der Waals surface area (Å²) in [5.41, 5.74) is 4.46. The van der Waals surface area contributed by atoms with E-state index in [9.17, 15) is 0 Å². The third-order valence-electron chi connectivity index (χ3n) is 4.24. The summed E-state index contributed by atoms with van der Waals surface area (Å²) in [6.07, 6.45) is 10.4. The normalized spacial score (nSPS) is 14.2. The fourth-order valence-electron chi connectivity index (χ4n) is 3.00. The molecule has 20 heavy (non-hydrogen) atoms. The molecular weight excluding hydrogens is 244 g/mol. The van der Waals surface area contributed by atoms with Gasteiger partial charge in [0.2, 0.25) is 0 Å². The zero-order chi connectivity index (χ0) is 14.6. The molecule has 2 heteroatoms. The minimum absolute atomic E-state index is 0.397. The summed E-state index contributed by atoms with van der Waals surface area (Å²) in [6.45, 7) is 4.52. The van der Waals surface area contributed by atoms with Gasteiger partial charge in [0.05, 0.1) is 0 Å². The summed E-state index contributed by atoms with van der Waals surface area (Å²) in [5.74, 6) is 6.32. The zero-order valence-corrected chi connectivity index (χ0v) is 13.3. The lowest BCUT2D eigenvalue weighted by molar-refractivity contribution is 0.390. The van der Waals surface area contributed by atoms with Gasteiger partial charge >= 0.3 is 0 Å². The highest BCUT2D eigenvalue weighted by atomic mass is 15.2. The first-order valence-electron chi connectivity index (χ1n) is 8.34. The summed E-state index contributed by atoms with van der Waals surface area (Å²) < 4.78 is 0. The van der Waals surface area contributed by atoms with E-state index < -0.39 is 0 Å². The fraction of sp³-hybridized carbons (Fsp3) is 0.667. The molecule has 3 N–H and O–H groups in total. The molecular formula is C18H32N2. The average Bonchev–Trinajstić information content (AvgIpc) is 2.50. The molecule has 0 heterocycles. The maximum Gasteiger partial charge on any atom is 0.0279 e. The number of nitrogens with one attached hydrogen (secondary N) is 1. The summed E-state index contributed by atoms with van der Waals surface area (Å²) in [6, 6.07) is 11.2. The zero-order valence-electron chi connectivity index (χ0n) is 13.3. The van der Waals surface area contributed by atoms with E-state index in [-0.39, 0.29) is 0 Å². The molecule has 2 unspecified atom stereocenters. The Balaban J connectivity index is 2.39. The first kappa shape index (κ1) is 17.2. The monoisotopic (exact) mass is 276 g/mol. The van der Waals surface area contributed by atoms with Crippen LogP contribution >= 0.6 is 0 Å². The smallest absolute Gasteiger partial charge is 0.0279 e. The van der Waals surface area contributed by atoms with Crippen molar-refractivity contribution in [2.45, 2.75) is 77.2 Å². The molecule has 1 aromatic carbocycles. The lowest BCUT2D eigenvalue weighted by Gasteiger charge is -2.26. The Labute approximate surface area is 125 Å². The van der Waals surface area contributed by atoms with E-state index >= 15 is 0 Å². The van der Waals surface area contributed by atoms with Crippen LogP contribution < -0.4 is 11.3 Å². The second kappa shape index (κ2) is 10.9. The van der Waals surface area contributed by atoms with E-state index in [2.05, 4.69) is 49.6 Å². The fourth-order valence-corrected chi connectivity index (χ4v) is 3.00. The molecule has 0 amide bonds. The molecule has 0 aromatic heterocycles. The second-order valence-electron chi connectivity index (χ2n) is 5.76. The Hall–Kier alpha value is -0.860. The number of hydrogen-bond donors (Lipinski definition) is 2. The number of unbranched alkanes of at least 4 members (excludes halogenated alkanes) is 5. The third-order valence-corrected chi connectivity index (χ3v) is 4.24. The first-order valence-corrected chi connectivity index (χ1v) is 8.34. The van der Waals surface area contributed by atoms with Gasteiger partial charge in [-0.2, -0.15) is 0 Å². The summed E-state index contributed by atoms with van der Waals surface area (Å²) >= 11 is 0. The summed E-state index contributed by atoms with van der Waals surface area (Å²) in [7, 11) is 0. The number of benzene rings is 1. The van der Waals surface area contributed by atoms with Gasteiger partial charge in [0, 0.05) is 12.0 Å². The molecule has 0 radical (unpaired) electrons. The maximum atomic E-state index is 5.80. The molecule has 0 bridgehead atoms. The van der Waals surface area contributed by atoms with Gasteiger partial charge in [-0.1, -0.05) is 82.7 Å². The summed E-state index contributed by atoms with van der Waals surface area (Å²) in [4.78, 5) is 0. The van der Waals surface area contributed by atoms with Crippen molar-refractivity contribution in [1.29, 1.82) is 0 Å². The van der Waals surface area contributed by atoms with Crippen molar-refractivity contribution in [2.75, 3.05) is 0 Å². The van der Waals surface area contributed by atoms with Gasteiger partial charge in [-0.25, -0.2) is 0 Å². The molecule has 1 aromatic rings. The number of hydrazine groups is 1. The molecule has 2 atom stereocenters. The van der Waals surface area contributed by atoms with Crippen LogP contribution in [-0.4, -0.2) is 6.04 Å². The van der Waals surface area contributed by atoms with Gasteiger partial charge in [-0.3, -0.25) is 11.3 Å². The van der Waals surface area contributed by atoms with Gasteiger partial charge in [0.1, 0.15) is 0 Å². The molecule has 0 spiro atoms. The SMILES string of the molecule is CCCCCCCCC(NN)C(CC)c1ccccc1. The maximum absolute atomic E-state index is 5.80. The standard InChI is InChI=1S/C18H32N2/c1-3-5-6-7-8-12-15-18(20-19)17(4-2)16-13-10-9-11-14-16/h9-11,13-14,17-18,20H,3-8,12,15,19H2,1-2H3. The van der Waals surface area contributed by atoms with Crippen LogP contribution in [0, 0.1) is 0 Å². The van der Waals surface area contributed by atoms with E-state index in [1.54, 1.807) is 0 Å². The van der Waals surface area contributed by atoms with E-state index in [1.165, 1.54) is 50.5 Å². The average molecular weight is 276 g/mol. The van der Waals surface area contributed by atoms with Crippen LogP contribution in [0.2, 0.25) is 0 Å². The predicted octanol–water partition coefficient (Wildman–Crippen LogP) is 4.76. The molecule has 0 saturated carbocycles. The molecule has 0 aliphatic rings. The van der Waals surface area contributed by atoms with E-state index in [4.69, 9.17) is 5.84 Å². The third kappa shape index (κ3) is 6.06. The molecule has 114 valence electrons. The van der Waals surface area contributed by atoms with E-state index in [0.29, 0.717) is 12.0 Å². The van der Waals surface area contributed by atoms with Gasteiger partial charge in [-0.05, 0) is 18.4 Å². The number of rotatable bonds is 11. The largest absolute Gasteiger partial charge is 0.271 e. The van der Waals surface area contributed by atoms with Gasteiger partial charge in [0.15, 0.2) is 0 Å². The van der Waals surface area contributed by atoms with Crippen LogP contribution in [0.5, 0.6) is 0 Å². The summed E-state index contributed by atoms with van der Waals surface area (Å²) in [5, 5.41) is 0. The van der Waals surface area contributed by atoms with Crippen molar-refractivity contribution < 1.29 is 0 Å². The van der Waals surface area contributed by atoms with E-state index in [0.717, 1.165) is 6.42 Å². The van der Waals surface area contributed by atoms with Crippen LogP contribution in [-0.2, 0) is 0 Å². The minimum Gasteiger partial charge on any atom is -0.271 e. The lowest BCUT2D eigenvalue weighted by atomic mass is 9.86. The Kier molecular flexibility index (Phi) is 9.35. The van der Waals surface area contributed by atoms with Crippen molar-refractivity contribution in [1.82, 2.24) is 5.43 Å². The van der Waals surface area contributed by atoms with Crippen molar-refractivity contribution in [3.8, 4) is 0 Å². The van der Waals surface area contributed by atoms with Crippen LogP contribution in [0.4, 0.5) is 0 Å². The Morgan fingerprint density at radius 3 is 2.20 bits per heavy atom. The van der Waals surface area contributed by atoms with Crippen molar-refractivity contribution in [2.24, 2.45) is 5.84 Å². The predicted molar refractivity (Wildman–Crippen MR) is 88.6 cm³/mol. The molecule has 0 saturated heterocycles. The quantitative estimate of drug-likeness (QED) is 0.347. The highest BCUT2D eigenvalue weighted by Gasteiger charge is 2.19. The second-order valence-corrected chi connectivity index (χ2v) is 5.76. The van der Waals surface area contributed by atoms with Crippen LogP contribution in [0.1, 0.15) is 76.7 Å². The highest BCUT2D eigenvalue weighted by molar-refractivity contribution is 5.21. The van der Waals surface area contributed by atoms with Crippen molar-refractivity contribution >= 4 is 0 Å². The Morgan fingerprint density at radius 1 is 0.950 bits per heavy atom. The molecule has 0 aliphatic carbocycles. The van der Waals surface area contributed by atoms with E-state index in [1.807, 2.05) is 0 Å². The molecule has 0 fully saturated rings. The van der Waals surface area contributed by atoms with Crippen LogP contribution in [0.15, 0.2) is 30.3 Å². The van der Waals surface area contributed by atoms with Crippen molar-refractivity contribution in [3.63, 3.8) is 0 Å². The molecule has 2 nitrogen and oxygen atoms in total. The lowest BCUT2D eigenvalue weighted by Crippen LogP contribution is -2.39. The van der Waals surface area contributed by atoms with Crippen LogP contribution in [0.25, 0.3) is 0 Å². The topological polar surface area (TPSA) is 38.0 Å². The Morgan fingerprint density at radius 2 is 1.60 bits per heavy atom. The number of nitrogens with two attached hydrogens (primary N) is 1. The number of hydrogen-bond acceptors (Lipinski definition) is 2. The van der Waals surface area contributed by atoms with Crippen molar-refractivity contribution in [3.05, 3.63) is 35.9 Å². The van der Waals surface area contributed by atoms with Crippen LogP contribution in [0.3, 0.4) is 0 Å². The first-order chi connectivity index (χ1) is 9.83. The van der Waals surface area contributed by atoms with Gasteiger partial charge in [-0.15, -0.1) is 0 Å². The highest BCUT2D eigenvalue weighted by Crippen LogP contribution is 2.26. The van der Waals surface area contributed by atoms with Gasteiger partial charge < -0.3 is 0 Å². The Bertz CT molecular complexity index is 323. The molecule has 0 aliphatic heterocycles. The minimum atomic E-state index is 0.397. The molecule has 1 rings (SSSR count).